The number of anilines is 2. The van der Waals surface area contributed by atoms with E-state index in [1.165, 1.54) is 42.6 Å². The van der Waals surface area contributed by atoms with Crippen molar-refractivity contribution in [3.05, 3.63) is 75.5 Å². The molecule has 0 bridgehead atoms. The molecule has 1 aromatic heterocycles. The number of hydrogen-bond donors (Lipinski definition) is 3. The summed E-state index contributed by atoms with van der Waals surface area (Å²) in [4.78, 5) is 27.3. The summed E-state index contributed by atoms with van der Waals surface area (Å²) in [5.41, 5.74) is 4.90. The number of halogens is 5. The van der Waals surface area contributed by atoms with E-state index in [9.17, 15) is 22.8 Å². The van der Waals surface area contributed by atoms with E-state index < -0.39 is 23.7 Å². The first-order valence-electron chi connectivity index (χ1n) is 9.16. The van der Waals surface area contributed by atoms with Gasteiger partial charge in [-0.15, -0.1) is 0 Å². The van der Waals surface area contributed by atoms with Gasteiger partial charge in [0.25, 0.3) is 0 Å². The second-order valence-corrected chi connectivity index (χ2v) is 7.91. The maximum atomic E-state index is 13.0. The summed E-state index contributed by atoms with van der Waals surface area (Å²) >= 11 is 9.06. The number of pyridine rings is 1. The third-order valence-corrected chi connectivity index (χ3v) is 5.08. The van der Waals surface area contributed by atoms with Crippen LogP contribution in [0.4, 0.5) is 29.3 Å². The highest BCUT2D eigenvalue weighted by atomic mass is 79.9. The number of aromatic nitrogens is 1. The van der Waals surface area contributed by atoms with E-state index in [4.69, 9.17) is 22.1 Å². The summed E-state index contributed by atoms with van der Waals surface area (Å²) in [6.07, 6.45) is -3.17. The van der Waals surface area contributed by atoms with Crippen molar-refractivity contribution in [2.75, 3.05) is 10.6 Å². The van der Waals surface area contributed by atoms with Crippen LogP contribution in [0.3, 0.4) is 0 Å². The molecule has 7 nitrogen and oxygen atoms in total. The van der Waals surface area contributed by atoms with Gasteiger partial charge in [0, 0.05) is 28.1 Å². The predicted molar refractivity (Wildman–Crippen MR) is 120 cm³/mol. The van der Waals surface area contributed by atoms with Crippen molar-refractivity contribution in [3.8, 4) is 11.5 Å². The zero-order valence-corrected chi connectivity index (χ0v) is 18.9. The fourth-order valence-corrected chi connectivity index (χ4v) is 3.39. The molecule has 0 aliphatic rings. The molecule has 12 heteroatoms. The van der Waals surface area contributed by atoms with E-state index in [1.807, 2.05) is 0 Å². The number of amides is 3. The second-order valence-electron chi connectivity index (χ2n) is 6.64. The molecular weight excluding hydrogens is 529 g/mol. The quantitative estimate of drug-likeness (QED) is 0.356. The first kappa shape index (κ1) is 24.3. The third kappa shape index (κ3) is 6.83. The molecule has 0 aliphatic carbocycles. The molecule has 0 fully saturated rings. The van der Waals surface area contributed by atoms with Crippen molar-refractivity contribution in [3.63, 3.8) is 0 Å². The lowest BCUT2D eigenvalue weighted by Crippen LogP contribution is -2.20. The minimum atomic E-state index is -4.58. The average molecular weight is 544 g/mol. The van der Waals surface area contributed by atoms with Gasteiger partial charge in [0.15, 0.2) is 0 Å². The van der Waals surface area contributed by atoms with E-state index in [1.54, 1.807) is 6.07 Å². The molecule has 0 saturated heterocycles. The average Bonchev–Trinajstić information content (AvgIpc) is 2.70. The fraction of sp³-hybridized carbons (Fsp3) is 0.0952. The zero-order valence-electron chi connectivity index (χ0n) is 16.5. The molecule has 33 heavy (non-hydrogen) atoms. The predicted octanol–water partition coefficient (Wildman–Crippen LogP) is 5.98. The van der Waals surface area contributed by atoms with Gasteiger partial charge in [-0.3, -0.25) is 9.78 Å². The Kier molecular flexibility index (Phi) is 7.44. The first-order valence-corrected chi connectivity index (χ1v) is 10.3. The lowest BCUT2D eigenvalue weighted by atomic mass is 10.2. The first-order chi connectivity index (χ1) is 15.5. The number of benzene rings is 2. The fourth-order valence-electron chi connectivity index (χ4n) is 2.70. The molecular formula is C21H15BrClF3N4O3. The van der Waals surface area contributed by atoms with Gasteiger partial charge < -0.3 is 21.1 Å². The zero-order chi connectivity index (χ0) is 24.2. The highest BCUT2D eigenvalue weighted by Crippen LogP contribution is 2.36. The number of ether oxygens (including phenoxy) is 1. The summed E-state index contributed by atoms with van der Waals surface area (Å²) in [7, 11) is 0. The highest BCUT2D eigenvalue weighted by Gasteiger charge is 2.33. The summed E-state index contributed by atoms with van der Waals surface area (Å²) < 4.78 is 44.6. The van der Waals surface area contributed by atoms with Gasteiger partial charge in [0.05, 0.1) is 22.7 Å². The van der Waals surface area contributed by atoms with Crippen LogP contribution in [0.1, 0.15) is 11.3 Å². The maximum absolute atomic E-state index is 13.0. The SMILES string of the molecule is NC(=O)Cc1cc(Oc2ccc(NC(=O)Nc3ccc(Br)c(C(F)(F)F)c3)cc2Cl)ccn1. The summed E-state index contributed by atoms with van der Waals surface area (Å²) in [5.74, 6) is 0.100. The largest absolute Gasteiger partial charge is 0.456 e. The molecule has 1 heterocycles. The Hall–Kier alpha value is -3.31. The summed E-state index contributed by atoms with van der Waals surface area (Å²) in [6.45, 7) is 0. The second kappa shape index (κ2) is 10.1. The summed E-state index contributed by atoms with van der Waals surface area (Å²) in [6, 6.07) is 10.1. The lowest BCUT2D eigenvalue weighted by molar-refractivity contribution is -0.138. The minimum absolute atomic E-state index is 0.0430. The summed E-state index contributed by atoms with van der Waals surface area (Å²) in [5, 5.41) is 4.97. The number of nitrogens with two attached hydrogens (primary N) is 1. The van der Waals surface area contributed by atoms with E-state index in [0.29, 0.717) is 11.4 Å². The number of carbonyl (C=O) groups is 2. The molecule has 0 spiro atoms. The number of rotatable bonds is 6. The Morgan fingerprint density at radius 3 is 2.36 bits per heavy atom. The van der Waals surface area contributed by atoms with Crippen LogP contribution in [-0.2, 0) is 17.4 Å². The van der Waals surface area contributed by atoms with Gasteiger partial charge >= 0.3 is 12.2 Å². The van der Waals surface area contributed by atoms with Crippen molar-refractivity contribution in [1.82, 2.24) is 4.98 Å². The smallest absolute Gasteiger partial charge is 0.417 e. The molecule has 0 saturated carbocycles. The van der Waals surface area contributed by atoms with Crippen molar-refractivity contribution in [2.24, 2.45) is 5.73 Å². The van der Waals surface area contributed by atoms with Crippen LogP contribution in [0.5, 0.6) is 11.5 Å². The number of hydrogen-bond acceptors (Lipinski definition) is 4. The van der Waals surface area contributed by atoms with E-state index in [-0.39, 0.29) is 33.0 Å². The standard InChI is InChI=1S/C21H15BrClF3N4O3/c22-16-3-1-11(8-15(16)21(24,25)26)29-20(32)30-12-2-4-18(17(23)9-12)33-14-5-6-28-13(7-14)10-19(27)31/h1-9H,10H2,(H2,27,31)(H2,29,30,32). The van der Waals surface area contributed by atoms with Crippen LogP contribution in [0.2, 0.25) is 5.02 Å². The molecule has 3 rings (SSSR count). The Morgan fingerprint density at radius 1 is 1.06 bits per heavy atom. The number of nitrogens with one attached hydrogen (secondary N) is 2. The van der Waals surface area contributed by atoms with Gasteiger partial charge in [-0.2, -0.15) is 13.2 Å². The van der Waals surface area contributed by atoms with Crippen molar-refractivity contribution >= 4 is 50.8 Å². The molecule has 3 amide bonds. The molecule has 2 aromatic carbocycles. The number of urea groups is 1. The Morgan fingerprint density at radius 2 is 1.73 bits per heavy atom. The Balaban J connectivity index is 1.67. The Labute approximate surface area is 199 Å². The molecule has 0 radical (unpaired) electrons. The van der Waals surface area contributed by atoms with E-state index in [0.717, 1.165) is 6.07 Å². The van der Waals surface area contributed by atoms with Crippen LogP contribution in [-0.4, -0.2) is 16.9 Å². The van der Waals surface area contributed by atoms with Gasteiger partial charge in [0.2, 0.25) is 5.91 Å². The van der Waals surface area contributed by atoms with Crippen LogP contribution < -0.4 is 21.1 Å². The highest BCUT2D eigenvalue weighted by molar-refractivity contribution is 9.10. The third-order valence-electron chi connectivity index (χ3n) is 4.09. The van der Waals surface area contributed by atoms with Crippen LogP contribution in [0, 0.1) is 0 Å². The number of nitrogens with zero attached hydrogens (tertiary/aromatic N) is 1. The molecule has 4 N–H and O–H groups in total. The van der Waals surface area contributed by atoms with Crippen LogP contribution >= 0.6 is 27.5 Å². The number of alkyl halides is 3. The van der Waals surface area contributed by atoms with E-state index in [2.05, 4.69) is 31.5 Å². The van der Waals surface area contributed by atoms with E-state index >= 15 is 0 Å². The molecule has 3 aromatic rings. The normalized spacial score (nSPS) is 11.1. The molecule has 0 aliphatic heterocycles. The van der Waals surface area contributed by atoms with Crippen molar-refractivity contribution in [2.45, 2.75) is 12.6 Å². The van der Waals surface area contributed by atoms with Crippen molar-refractivity contribution in [1.29, 1.82) is 0 Å². The Bertz CT molecular complexity index is 1210. The van der Waals surface area contributed by atoms with Gasteiger partial charge in [-0.25, -0.2) is 4.79 Å². The van der Waals surface area contributed by atoms with Gasteiger partial charge in [-0.05, 0) is 42.5 Å². The van der Waals surface area contributed by atoms with Gasteiger partial charge in [-0.1, -0.05) is 27.5 Å². The lowest BCUT2D eigenvalue weighted by Gasteiger charge is -2.13. The molecule has 0 unspecified atom stereocenters. The van der Waals surface area contributed by atoms with Crippen LogP contribution in [0.25, 0.3) is 0 Å². The monoisotopic (exact) mass is 542 g/mol. The maximum Gasteiger partial charge on any atom is 0.417 e. The van der Waals surface area contributed by atoms with Gasteiger partial charge in [0.1, 0.15) is 11.5 Å². The number of carbonyl (C=O) groups excluding carboxylic acids is 2. The topological polar surface area (TPSA) is 106 Å². The van der Waals surface area contributed by atoms with Crippen LogP contribution in [0.15, 0.2) is 59.2 Å². The van der Waals surface area contributed by atoms with Crippen molar-refractivity contribution < 1.29 is 27.5 Å². The molecule has 172 valence electrons. The molecule has 0 atom stereocenters. The minimum Gasteiger partial charge on any atom is -0.456 e. The number of primary amides is 1.